The molecule has 1 N–H and O–H groups in total. The number of hydrogen-bond donors (Lipinski definition) is 1. The Kier molecular flexibility index (Phi) is 2.44. The Balaban J connectivity index is 3.55. The Morgan fingerprint density at radius 1 is 2.00 bits per heavy atom. The fraction of sp³-hybridized carbons (Fsp3) is 0.667. The fourth-order valence-corrected chi connectivity index (χ4v) is 0.135. The van der Waals surface area contributed by atoms with Crippen molar-refractivity contribution in [2.75, 3.05) is 0 Å². The first-order valence-electron chi connectivity index (χ1n) is 1.73. The zero-order chi connectivity index (χ0) is 5.86. The summed E-state index contributed by atoms with van der Waals surface area (Å²) in [5, 5.41) is 8.02. The second-order valence-corrected chi connectivity index (χ2v) is 1.33. The summed E-state index contributed by atoms with van der Waals surface area (Å²) in [7, 11) is 0. The monoisotopic (exact) mass is 119 g/mol. The number of aliphatic carboxylic acids is 1. The lowest BCUT2D eigenvalue weighted by atomic mass is 10.4. The largest absolute Gasteiger partial charge is 0.480 e. The molecular weight excluding hydrogens is 114 g/mol. The molecule has 1 atom stereocenters. The van der Waals surface area contributed by atoms with Crippen molar-refractivity contribution in [1.82, 2.24) is 0 Å². The summed E-state index contributed by atoms with van der Waals surface area (Å²) < 4.78 is 3.07. The molecule has 4 heteroatoms. The van der Waals surface area contributed by atoms with Gasteiger partial charge < -0.3 is 5.11 Å². The summed E-state index contributed by atoms with van der Waals surface area (Å²) in [5.41, 5.74) is 0. The minimum atomic E-state index is -0.977. The lowest BCUT2D eigenvalue weighted by Gasteiger charge is -1.90. The van der Waals surface area contributed by atoms with E-state index in [1.807, 2.05) is 0 Å². The van der Waals surface area contributed by atoms with E-state index in [-0.39, 0.29) is 0 Å². The third-order valence-corrected chi connectivity index (χ3v) is 0.832. The van der Waals surface area contributed by atoms with Crippen LogP contribution in [0.3, 0.4) is 0 Å². The molecule has 0 saturated heterocycles. The highest BCUT2D eigenvalue weighted by Crippen LogP contribution is 1.84. The molecule has 0 spiro atoms. The fourth-order valence-electron chi connectivity index (χ4n) is 0.0451. The Morgan fingerprint density at radius 2 is 2.43 bits per heavy atom. The second-order valence-electron chi connectivity index (χ2n) is 1.12. The van der Waals surface area contributed by atoms with Gasteiger partial charge >= 0.3 is 5.97 Å². The van der Waals surface area contributed by atoms with Gasteiger partial charge in [-0.15, -0.1) is 0 Å². The molecule has 40 valence electrons. The van der Waals surface area contributed by atoms with E-state index in [9.17, 15) is 4.79 Å². The number of carboxylic acid groups (broad SMARTS) is 1. The highest BCUT2D eigenvalue weighted by atomic mass is 32.1. The molecule has 0 aliphatic rings. The van der Waals surface area contributed by atoms with Crippen molar-refractivity contribution in [3.8, 4) is 0 Å². The van der Waals surface area contributed by atoms with Crippen molar-refractivity contribution in [2.45, 2.75) is 13.0 Å². The van der Waals surface area contributed by atoms with Gasteiger partial charge in [0, 0.05) is 12.4 Å². The summed E-state index contributed by atoms with van der Waals surface area (Å²) >= 11 is 4.10. The topological polar surface area (TPSA) is 49.7 Å². The highest BCUT2D eigenvalue weighted by molar-refractivity contribution is 7.47. The van der Waals surface area contributed by atoms with Crippen LogP contribution in [0.1, 0.15) is 6.92 Å². The number of rotatable bonds is 2. The minimum absolute atomic E-state index is 0.741. The highest BCUT2D eigenvalue weighted by Gasteiger charge is 2.05. The van der Waals surface area contributed by atoms with Crippen molar-refractivity contribution in [3.05, 3.63) is 0 Å². The first-order valence-corrected chi connectivity index (χ1v) is 2.10. The van der Waals surface area contributed by atoms with Crippen LogP contribution in [0.15, 0.2) is 4.36 Å². The van der Waals surface area contributed by atoms with Crippen LogP contribution in [-0.2, 0) is 17.2 Å². The number of carbonyl (C=O) groups is 1. The molecule has 0 aromatic rings. The van der Waals surface area contributed by atoms with Gasteiger partial charge in [0.25, 0.3) is 0 Å². The molecule has 0 aromatic carbocycles. The van der Waals surface area contributed by atoms with Gasteiger partial charge in [0.15, 0.2) is 6.04 Å². The zero-order valence-electron chi connectivity index (χ0n) is 3.79. The predicted molar refractivity (Wildman–Crippen MR) is 26.9 cm³/mol. The van der Waals surface area contributed by atoms with E-state index in [4.69, 9.17) is 5.11 Å². The maximum Gasteiger partial charge on any atom is 0.329 e. The normalized spacial score (nSPS) is 12.7. The summed E-state index contributed by atoms with van der Waals surface area (Å²) in [6, 6.07) is -0.741. The van der Waals surface area contributed by atoms with Crippen molar-refractivity contribution in [1.29, 1.82) is 0 Å². The zero-order valence-corrected chi connectivity index (χ0v) is 4.60. The van der Waals surface area contributed by atoms with Crippen LogP contribution in [0.2, 0.25) is 0 Å². The quantitative estimate of drug-likeness (QED) is 0.564. The summed E-state index contributed by atoms with van der Waals surface area (Å²) in [5.74, 6) is -0.977. The van der Waals surface area contributed by atoms with E-state index in [0.717, 1.165) is 0 Å². The van der Waals surface area contributed by atoms with Crippen molar-refractivity contribution in [3.63, 3.8) is 0 Å². The summed E-state index contributed by atoms with van der Waals surface area (Å²) in [4.78, 5) is 9.77. The molecule has 0 radical (unpaired) electrons. The SMILES string of the molecule is C[C@H](N=S)C(=O)O. The van der Waals surface area contributed by atoms with Gasteiger partial charge in [-0.1, -0.05) is 0 Å². The maximum absolute atomic E-state index is 9.77. The molecule has 7 heavy (non-hydrogen) atoms. The van der Waals surface area contributed by atoms with Crippen LogP contribution >= 0.6 is 0 Å². The summed E-state index contributed by atoms with van der Waals surface area (Å²) in [6.45, 7) is 1.43. The molecule has 0 amide bonds. The van der Waals surface area contributed by atoms with Crippen LogP contribution < -0.4 is 0 Å². The van der Waals surface area contributed by atoms with Crippen molar-refractivity contribution >= 4 is 18.4 Å². The standard InChI is InChI=1S/C3H5NO2S/c1-2(4-7)3(5)6/h2H,1H3,(H,5,6)/t2-/m0/s1. The Morgan fingerprint density at radius 3 is 2.43 bits per heavy atom. The molecule has 0 rings (SSSR count). The average molecular weight is 119 g/mol. The smallest absolute Gasteiger partial charge is 0.329 e. The molecule has 0 unspecified atom stereocenters. The van der Waals surface area contributed by atoms with Crippen LogP contribution in [0, 0.1) is 0 Å². The Bertz CT molecular complexity index is 92.9. The van der Waals surface area contributed by atoms with Gasteiger partial charge in [0.05, 0.1) is 0 Å². The van der Waals surface area contributed by atoms with E-state index in [0.29, 0.717) is 0 Å². The number of carboxylic acids is 1. The van der Waals surface area contributed by atoms with Gasteiger partial charge in [-0.25, -0.2) is 9.16 Å². The first kappa shape index (κ1) is 6.49. The van der Waals surface area contributed by atoms with Crippen LogP contribution in [0.25, 0.3) is 0 Å². The molecule has 0 bridgehead atoms. The Labute approximate surface area is 46.5 Å². The molecule has 0 aliphatic carbocycles. The van der Waals surface area contributed by atoms with E-state index < -0.39 is 12.0 Å². The summed E-state index contributed by atoms with van der Waals surface area (Å²) in [6.07, 6.45) is 0. The third kappa shape index (κ3) is 2.22. The lowest BCUT2D eigenvalue weighted by molar-refractivity contribution is -0.137. The van der Waals surface area contributed by atoms with Crippen LogP contribution in [-0.4, -0.2) is 17.1 Å². The third-order valence-electron chi connectivity index (χ3n) is 0.516. The van der Waals surface area contributed by atoms with E-state index >= 15 is 0 Å². The molecular formula is C3H5NO2S. The number of hydrogen-bond acceptors (Lipinski definition) is 3. The molecule has 0 saturated carbocycles. The molecule has 3 nitrogen and oxygen atoms in total. The van der Waals surface area contributed by atoms with Crippen LogP contribution in [0.5, 0.6) is 0 Å². The van der Waals surface area contributed by atoms with Crippen LogP contribution in [0.4, 0.5) is 0 Å². The molecule has 0 aliphatic heterocycles. The van der Waals surface area contributed by atoms with Crippen molar-refractivity contribution in [2.24, 2.45) is 4.36 Å². The van der Waals surface area contributed by atoms with Gasteiger partial charge in [-0.3, -0.25) is 0 Å². The van der Waals surface area contributed by atoms with Crippen molar-refractivity contribution < 1.29 is 9.90 Å². The number of nitrogens with zero attached hydrogens (tertiary/aromatic N) is 1. The van der Waals surface area contributed by atoms with Gasteiger partial charge in [0.1, 0.15) is 0 Å². The minimum Gasteiger partial charge on any atom is -0.480 e. The van der Waals surface area contributed by atoms with Gasteiger partial charge in [-0.05, 0) is 6.92 Å². The average Bonchev–Trinajstić information content (AvgIpc) is 1.65. The Hall–Kier alpha value is -0.510. The van der Waals surface area contributed by atoms with E-state index in [1.165, 1.54) is 6.92 Å². The van der Waals surface area contributed by atoms with E-state index in [1.54, 1.807) is 0 Å². The first-order chi connectivity index (χ1) is 3.18. The van der Waals surface area contributed by atoms with E-state index in [2.05, 4.69) is 16.8 Å². The van der Waals surface area contributed by atoms with Gasteiger partial charge in [0.2, 0.25) is 0 Å². The van der Waals surface area contributed by atoms with Gasteiger partial charge in [-0.2, -0.15) is 0 Å². The molecule has 0 fully saturated rings. The lowest BCUT2D eigenvalue weighted by Crippen LogP contribution is -2.11. The molecule has 0 aromatic heterocycles. The molecule has 0 heterocycles. The second kappa shape index (κ2) is 2.63. The maximum atomic E-state index is 9.77. The predicted octanol–water partition coefficient (Wildman–Crippen LogP) is 0.190.